The van der Waals surface area contributed by atoms with Crippen molar-refractivity contribution in [2.45, 2.75) is 11.3 Å². The summed E-state index contributed by atoms with van der Waals surface area (Å²) in [5.74, 6) is 0.310. The first-order valence-electron chi connectivity index (χ1n) is 6.02. The minimum Gasteiger partial charge on any atom is -0.379 e. The second-order valence-electron chi connectivity index (χ2n) is 4.21. The SMILES string of the molecule is C=CCc1ccccc1OS(=O)(=O)c1cc(Br)ccc1Br. The van der Waals surface area contributed by atoms with Gasteiger partial charge in [0.2, 0.25) is 0 Å². The van der Waals surface area contributed by atoms with Gasteiger partial charge in [0, 0.05) is 8.95 Å². The highest BCUT2D eigenvalue weighted by Crippen LogP contribution is 2.29. The molecule has 0 unspecified atom stereocenters. The third-order valence-corrected chi connectivity index (χ3v) is 5.42. The Labute approximate surface area is 141 Å². The van der Waals surface area contributed by atoms with E-state index in [4.69, 9.17) is 4.18 Å². The third-order valence-electron chi connectivity index (χ3n) is 2.70. The number of benzene rings is 2. The van der Waals surface area contributed by atoms with E-state index in [0.717, 1.165) is 5.56 Å². The van der Waals surface area contributed by atoms with Crippen molar-refractivity contribution in [2.24, 2.45) is 0 Å². The Bertz CT molecular complexity index is 770. The third kappa shape index (κ3) is 3.96. The first-order chi connectivity index (χ1) is 9.94. The Kier molecular flexibility index (Phi) is 5.24. The van der Waals surface area contributed by atoms with Crippen LogP contribution in [0.15, 0.2) is 69.0 Å². The van der Waals surface area contributed by atoms with Gasteiger partial charge in [-0.2, -0.15) is 8.42 Å². The molecule has 0 heterocycles. The van der Waals surface area contributed by atoms with Gasteiger partial charge in [0.25, 0.3) is 0 Å². The molecular formula is C15H12Br2O3S. The van der Waals surface area contributed by atoms with E-state index in [-0.39, 0.29) is 4.90 Å². The fourth-order valence-corrected chi connectivity index (χ4v) is 4.16. The van der Waals surface area contributed by atoms with E-state index in [2.05, 4.69) is 38.4 Å². The van der Waals surface area contributed by atoms with Crippen molar-refractivity contribution in [1.82, 2.24) is 0 Å². The molecule has 0 aliphatic rings. The minimum atomic E-state index is -3.92. The molecule has 3 nitrogen and oxygen atoms in total. The molecule has 0 aliphatic heterocycles. The summed E-state index contributed by atoms with van der Waals surface area (Å²) in [5.41, 5.74) is 0.766. The first kappa shape index (κ1) is 16.3. The maximum atomic E-state index is 12.4. The van der Waals surface area contributed by atoms with Gasteiger partial charge < -0.3 is 4.18 Å². The molecule has 2 aromatic rings. The summed E-state index contributed by atoms with van der Waals surface area (Å²) in [7, 11) is -3.92. The molecule has 2 aromatic carbocycles. The van der Waals surface area contributed by atoms with E-state index in [1.54, 1.807) is 30.3 Å². The highest BCUT2D eigenvalue weighted by Gasteiger charge is 2.21. The summed E-state index contributed by atoms with van der Waals surface area (Å²) in [6.07, 6.45) is 2.23. The molecule has 0 radical (unpaired) electrons. The average molecular weight is 432 g/mol. The van der Waals surface area contributed by atoms with Crippen LogP contribution in [0.25, 0.3) is 0 Å². The number of para-hydroxylation sites is 1. The van der Waals surface area contributed by atoms with Gasteiger partial charge in [-0.3, -0.25) is 0 Å². The Morgan fingerprint density at radius 2 is 1.86 bits per heavy atom. The Morgan fingerprint density at radius 1 is 1.14 bits per heavy atom. The monoisotopic (exact) mass is 430 g/mol. The maximum absolute atomic E-state index is 12.4. The van der Waals surface area contributed by atoms with Crippen LogP contribution >= 0.6 is 31.9 Å². The molecule has 0 saturated heterocycles. The zero-order valence-electron chi connectivity index (χ0n) is 10.9. The van der Waals surface area contributed by atoms with Gasteiger partial charge in [0.15, 0.2) is 0 Å². The van der Waals surface area contributed by atoms with E-state index in [0.29, 0.717) is 21.1 Å². The van der Waals surface area contributed by atoms with Crippen molar-refractivity contribution in [2.75, 3.05) is 0 Å². The zero-order valence-corrected chi connectivity index (χ0v) is 14.9. The number of halogens is 2. The van der Waals surface area contributed by atoms with Crippen LogP contribution in [0.2, 0.25) is 0 Å². The lowest BCUT2D eigenvalue weighted by atomic mass is 10.1. The Morgan fingerprint density at radius 3 is 2.57 bits per heavy atom. The molecule has 0 bridgehead atoms. The van der Waals surface area contributed by atoms with E-state index >= 15 is 0 Å². The van der Waals surface area contributed by atoms with Crippen molar-refractivity contribution >= 4 is 42.0 Å². The molecule has 110 valence electrons. The summed E-state index contributed by atoms with van der Waals surface area (Å²) in [5, 5.41) is 0. The van der Waals surface area contributed by atoms with Gasteiger partial charge >= 0.3 is 10.1 Å². The fourth-order valence-electron chi connectivity index (χ4n) is 1.74. The molecule has 0 aromatic heterocycles. The quantitative estimate of drug-likeness (QED) is 0.508. The van der Waals surface area contributed by atoms with Crippen molar-refractivity contribution in [3.63, 3.8) is 0 Å². The predicted molar refractivity (Wildman–Crippen MR) is 90.0 cm³/mol. The van der Waals surface area contributed by atoms with Crippen LogP contribution in [0.1, 0.15) is 5.56 Å². The van der Waals surface area contributed by atoms with Gasteiger partial charge in [0.1, 0.15) is 10.6 Å². The van der Waals surface area contributed by atoms with Gasteiger partial charge in [-0.15, -0.1) is 6.58 Å². The van der Waals surface area contributed by atoms with Gasteiger partial charge in [-0.1, -0.05) is 40.2 Å². The van der Waals surface area contributed by atoms with Crippen LogP contribution in [-0.2, 0) is 16.5 Å². The Hall–Kier alpha value is -1.11. The number of hydrogen-bond donors (Lipinski definition) is 0. The van der Waals surface area contributed by atoms with Crippen molar-refractivity contribution < 1.29 is 12.6 Å². The summed E-state index contributed by atoms with van der Waals surface area (Å²) in [6.45, 7) is 3.66. The normalized spacial score (nSPS) is 11.1. The molecule has 0 aliphatic carbocycles. The minimum absolute atomic E-state index is 0.0743. The highest BCUT2D eigenvalue weighted by atomic mass is 79.9. The summed E-state index contributed by atoms with van der Waals surface area (Å²) < 4.78 is 31.3. The molecule has 0 N–H and O–H groups in total. The molecule has 0 spiro atoms. The van der Waals surface area contributed by atoms with Crippen molar-refractivity contribution in [3.8, 4) is 5.75 Å². The molecule has 0 amide bonds. The highest BCUT2D eigenvalue weighted by molar-refractivity contribution is 9.11. The second kappa shape index (κ2) is 6.77. The Balaban J connectivity index is 2.42. The predicted octanol–water partition coefficient (Wildman–Crippen LogP) is 4.71. The first-order valence-corrected chi connectivity index (χ1v) is 9.02. The van der Waals surface area contributed by atoms with Crippen LogP contribution in [-0.4, -0.2) is 8.42 Å². The van der Waals surface area contributed by atoms with Crippen LogP contribution in [0, 0.1) is 0 Å². The topological polar surface area (TPSA) is 43.4 Å². The number of rotatable bonds is 5. The van der Waals surface area contributed by atoms with Gasteiger partial charge in [-0.25, -0.2) is 0 Å². The lowest BCUT2D eigenvalue weighted by Crippen LogP contribution is -2.11. The lowest BCUT2D eigenvalue weighted by Gasteiger charge is -2.11. The average Bonchev–Trinajstić information content (AvgIpc) is 2.43. The smallest absolute Gasteiger partial charge is 0.340 e. The fraction of sp³-hybridized carbons (Fsp3) is 0.0667. The van der Waals surface area contributed by atoms with E-state index in [1.165, 1.54) is 6.07 Å². The van der Waals surface area contributed by atoms with Gasteiger partial charge in [-0.05, 0) is 52.2 Å². The van der Waals surface area contributed by atoms with Crippen molar-refractivity contribution in [3.05, 3.63) is 69.6 Å². The molecule has 6 heteroatoms. The van der Waals surface area contributed by atoms with Crippen LogP contribution in [0.5, 0.6) is 5.75 Å². The summed E-state index contributed by atoms with van der Waals surface area (Å²) in [6, 6.07) is 11.9. The lowest BCUT2D eigenvalue weighted by molar-refractivity contribution is 0.483. The second-order valence-corrected chi connectivity index (χ2v) is 7.50. The molecule has 0 fully saturated rings. The largest absolute Gasteiger partial charge is 0.379 e. The number of allylic oxidation sites excluding steroid dienone is 1. The molecular weight excluding hydrogens is 420 g/mol. The van der Waals surface area contributed by atoms with E-state index in [9.17, 15) is 8.42 Å². The van der Waals surface area contributed by atoms with E-state index < -0.39 is 10.1 Å². The van der Waals surface area contributed by atoms with Crippen LogP contribution in [0.4, 0.5) is 0 Å². The number of hydrogen-bond acceptors (Lipinski definition) is 3. The van der Waals surface area contributed by atoms with Crippen LogP contribution in [0.3, 0.4) is 0 Å². The summed E-state index contributed by atoms with van der Waals surface area (Å²) in [4.78, 5) is 0.0743. The maximum Gasteiger partial charge on any atom is 0.340 e. The van der Waals surface area contributed by atoms with Gasteiger partial charge in [0.05, 0.1) is 0 Å². The molecule has 0 saturated carbocycles. The standard InChI is InChI=1S/C15H12Br2O3S/c1-2-5-11-6-3-4-7-14(11)20-21(18,19)15-10-12(16)8-9-13(15)17/h2-4,6-10H,1,5H2. The summed E-state index contributed by atoms with van der Waals surface area (Å²) >= 11 is 6.49. The molecule has 21 heavy (non-hydrogen) atoms. The van der Waals surface area contributed by atoms with E-state index in [1.807, 2.05) is 12.1 Å². The molecule has 2 rings (SSSR count). The van der Waals surface area contributed by atoms with Crippen molar-refractivity contribution in [1.29, 1.82) is 0 Å². The zero-order chi connectivity index (χ0) is 15.5. The molecule has 0 atom stereocenters. The van der Waals surface area contributed by atoms with Crippen LogP contribution < -0.4 is 4.18 Å².